The molecule has 7 heteroatoms. The molecule has 25 heavy (non-hydrogen) atoms. The number of ether oxygens (including phenoxy) is 1. The zero-order valence-electron chi connectivity index (χ0n) is 13.6. The van der Waals surface area contributed by atoms with Crippen molar-refractivity contribution in [3.63, 3.8) is 0 Å². The molecule has 0 aliphatic rings. The Morgan fingerprint density at radius 2 is 2.12 bits per heavy atom. The summed E-state index contributed by atoms with van der Waals surface area (Å²) in [6.07, 6.45) is 3.33. The topological polar surface area (TPSA) is 76.6 Å². The Morgan fingerprint density at radius 3 is 2.80 bits per heavy atom. The van der Waals surface area contributed by atoms with E-state index in [0.29, 0.717) is 23.1 Å². The molecule has 0 N–H and O–H groups in total. The van der Waals surface area contributed by atoms with Gasteiger partial charge in [-0.15, -0.1) is 16.8 Å². The lowest BCUT2D eigenvalue weighted by molar-refractivity contribution is 0.416. The van der Waals surface area contributed by atoms with Crippen molar-refractivity contribution in [3.8, 4) is 23.2 Å². The number of methoxy groups -OCH3 is 1. The Labute approximate surface area is 149 Å². The third-order valence-corrected chi connectivity index (χ3v) is 4.37. The summed E-state index contributed by atoms with van der Waals surface area (Å²) in [5.41, 5.74) is 1.38. The minimum absolute atomic E-state index is 0.520. The van der Waals surface area contributed by atoms with Crippen LogP contribution in [-0.4, -0.2) is 26.9 Å². The molecule has 0 bridgehead atoms. The van der Waals surface area contributed by atoms with Gasteiger partial charge in [0.2, 0.25) is 0 Å². The van der Waals surface area contributed by atoms with E-state index in [9.17, 15) is 0 Å². The second-order valence-electron chi connectivity index (χ2n) is 5.00. The van der Waals surface area contributed by atoms with Gasteiger partial charge >= 0.3 is 0 Å². The highest BCUT2D eigenvalue weighted by Gasteiger charge is 2.17. The number of rotatable bonds is 6. The molecule has 0 atom stereocenters. The molecule has 0 aliphatic carbocycles. The SMILES string of the molecule is C=CCn1c(Sc2ccc(C#N)cn2)nnc1-c1ccccc1OC. The van der Waals surface area contributed by atoms with Gasteiger partial charge in [0, 0.05) is 12.7 Å². The predicted molar refractivity (Wildman–Crippen MR) is 95.3 cm³/mol. The fourth-order valence-corrected chi connectivity index (χ4v) is 3.07. The third kappa shape index (κ3) is 3.54. The molecule has 6 nitrogen and oxygen atoms in total. The number of pyridine rings is 1. The van der Waals surface area contributed by atoms with Crippen molar-refractivity contribution < 1.29 is 4.74 Å². The second kappa shape index (κ2) is 7.64. The first-order valence-corrected chi connectivity index (χ1v) is 8.30. The van der Waals surface area contributed by atoms with Gasteiger partial charge in [-0.05, 0) is 36.0 Å². The Kier molecular flexibility index (Phi) is 5.11. The van der Waals surface area contributed by atoms with E-state index in [0.717, 1.165) is 16.3 Å². The number of hydrogen-bond acceptors (Lipinski definition) is 6. The molecule has 0 spiro atoms. The molecule has 3 rings (SSSR count). The van der Waals surface area contributed by atoms with Crippen LogP contribution in [0.25, 0.3) is 11.4 Å². The molecule has 0 radical (unpaired) electrons. The highest BCUT2D eigenvalue weighted by Crippen LogP contribution is 2.32. The summed E-state index contributed by atoms with van der Waals surface area (Å²) in [4.78, 5) is 4.27. The molecule has 0 fully saturated rings. The van der Waals surface area contributed by atoms with Crippen LogP contribution < -0.4 is 4.74 Å². The maximum Gasteiger partial charge on any atom is 0.198 e. The van der Waals surface area contributed by atoms with E-state index in [2.05, 4.69) is 27.8 Å². The van der Waals surface area contributed by atoms with Crippen LogP contribution >= 0.6 is 11.8 Å². The first kappa shape index (κ1) is 16.7. The van der Waals surface area contributed by atoms with Crippen molar-refractivity contribution in [3.05, 3.63) is 60.8 Å². The summed E-state index contributed by atoms with van der Waals surface area (Å²) in [5, 5.41) is 18.9. The summed E-state index contributed by atoms with van der Waals surface area (Å²) < 4.78 is 7.38. The van der Waals surface area contributed by atoms with E-state index >= 15 is 0 Å². The first-order valence-electron chi connectivity index (χ1n) is 7.48. The molecule has 0 saturated heterocycles. The van der Waals surface area contributed by atoms with Crippen LogP contribution in [-0.2, 0) is 6.54 Å². The molecule has 0 amide bonds. The molecular formula is C18H15N5OS. The standard InChI is InChI=1S/C18H15N5OS/c1-3-10-23-17(14-6-4-5-7-15(14)24-2)21-22-18(23)25-16-9-8-13(11-19)12-20-16/h3-9,12H,1,10H2,2H3. The summed E-state index contributed by atoms with van der Waals surface area (Å²) in [5.74, 6) is 1.43. The summed E-state index contributed by atoms with van der Waals surface area (Å²) >= 11 is 1.38. The van der Waals surface area contributed by atoms with Gasteiger partial charge in [-0.2, -0.15) is 5.26 Å². The van der Waals surface area contributed by atoms with Crippen LogP contribution in [0.5, 0.6) is 5.75 Å². The van der Waals surface area contributed by atoms with Gasteiger partial charge in [0.1, 0.15) is 16.8 Å². The zero-order chi connectivity index (χ0) is 17.6. The third-order valence-electron chi connectivity index (χ3n) is 3.44. The van der Waals surface area contributed by atoms with Crippen molar-refractivity contribution in [1.29, 1.82) is 5.26 Å². The van der Waals surface area contributed by atoms with Gasteiger partial charge in [-0.25, -0.2) is 4.98 Å². The molecule has 1 aromatic carbocycles. The Hall–Kier alpha value is -3.11. The van der Waals surface area contributed by atoms with E-state index in [1.807, 2.05) is 28.8 Å². The first-order chi connectivity index (χ1) is 12.3. The Bertz CT molecular complexity index is 927. The molecule has 0 saturated carbocycles. The van der Waals surface area contributed by atoms with Crippen LogP contribution in [0.4, 0.5) is 0 Å². The average molecular weight is 349 g/mol. The highest BCUT2D eigenvalue weighted by molar-refractivity contribution is 7.99. The Balaban J connectivity index is 1.99. The van der Waals surface area contributed by atoms with Gasteiger partial charge in [0.05, 0.1) is 18.2 Å². The smallest absolute Gasteiger partial charge is 0.198 e. The lowest BCUT2D eigenvalue weighted by Crippen LogP contribution is -2.01. The molecule has 3 aromatic rings. The average Bonchev–Trinajstić information content (AvgIpc) is 3.05. The fourth-order valence-electron chi connectivity index (χ4n) is 2.29. The number of nitrogens with zero attached hydrogens (tertiary/aromatic N) is 5. The van der Waals surface area contributed by atoms with Crippen LogP contribution in [0.1, 0.15) is 5.56 Å². The van der Waals surface area contributed by atoms with Crippen LogP contribution in [0, 0.1) is 11.3 Å². The van der Waals surface area contributed by atoms with Gasteiger partial charge in [0.15, 0.2) is 11.0 Å². The van der Waals surface area contributed by atoms with Crippen LogP contribution in [0.15, 0.2) is 65.4 Å². The summed E-state index contributed by atoms with van der Waals surface area (Å²) in [6, 6.07) is 13.2. The summed E-state index contributed by atoms with van der Waals surface area (Å²) in [7, 11) is 1.63. The largest absolute Gasteiger partial charge is 0.496 e. The van der Waals surface area contributed by atoms with E-state index in [1.165, 1.54) is 18.0 Å². The van der Waals surface area contributed by atoms with Crippen molar-refractivity contribution in [1.82, 2.24) is 19.7 Å². The number of hydrogen-bond donors (Lipinski definition) is 0. The van der Waals surface area contributed by atoms with Crippen molar-refractivity contribution in [2.24, 2.45) is 0 Å². The Morgan fingerprint density at radius 1 is 1.28 bits per heavy atom. The molecular weight excluding hydrogens is 334 g/mol. The van der Waals surface area contributed by atoms with Gasteiger partial charge in [0.25, 0.3) is 0 Å². The van der Waals surface area contributed by atoms with Crippen molar-refractivity contribution >= 4 is 11.8 Å². The maximum atomic E-state index is 8.86. The number of allylic oxidation sites excluding steroid dienone is 1. The second-order valence-corrected chi connectivity index (χ2v) is 5.99. The molecule has 2 aromatic heterocycles. The van der Waals surface area contributed by atoms with Gasteiger partial charge < -0.3 is 4.74 Å². The van der Waals surface area contributed by atoms with Gasteiger partial charge in [-0.1, -0.05) is 18.2 Å². The number of para-hydroxylation sites is 1. The van der Waals surface area contributed by atoms with E-state index < -0.39 is 0 Å². The molecule has 0 aliphatic heterocycles. The number of nitriles is 1. The lowest BCUT2D eigenvalue weighted by atomic mass is 10.2. The quantitative estimate of drug-likeness (QED) is 0.633. The van der Waals surface area contributed by atoms with E-state index in [4.69, 9.17) is 10.00 Å². The highest BCUT2D eigenvalue weighted by atomic mass is 32.2. The minimum atomic E-state index is 0.520. The van der Waals surface area contributed by atoms with Gasteiger partial charge in [-0.3, -0.25) is 4.57 Å². The number of benzene rings is 1. The minimum Gasteiger partial charge on any atom is -0.496 e. The van der Waals surface area contributed by atoms with E-state index in [1.54, 1.807) is 25.3 Å². The monoisotopic (exact) mass is 349 g/mol. The van der Waals surface area contributed by atoms with Crippen LogP contribution in [0.3, 0.4) is 0 Å². The molecule has 124 valence electrons. The van der Waals surface area contributed by atoms with Crippen molar-refractivity contribution in [2.45, 2.75) is 16.7 Å². The summed E-state index contributed by atoms with van der Waals surface area (Å²) in [6.45, 7) is 4.37. The maximum absolute atomic E-state index is 8.86. The fraction of sp³-hybridized carbons (Fsp3) is 0.111. The normalized spacial score (nSPS) is 10.2. The van der Waals surface area contributed by atoms with Crippen molar-refractivity contribution in [2.75, 3.05) is 7.11 Å². The molecule has 2 heterocycles. The number of aromatic nitrogens is 4. The lowest BCUT2D eigenvalue weighted by Gasteiger charge is -2.10. The van der Waals surface area contributed by atoms with E-state index in [-0.39, 0.29) is 0 Å². The van der Waals surface area contributed by atoms with Crippen LogP contribution in [0.2, 0.25) is 0 Å². The molecule has 0 unspecified atom stereocenters. The zero-order valence-corrected chi connectivity index (χ0v) is 14.4. The predicted octanol–water partition coefficient (Wildman–Crippen LogP) is 3.56.